The van der Waals surface area contributed by atoms with Crippen LogP contribution in [-0.2, 0) is 0 Å². The number of amidine groups is 1. The molecule has 2 atom stereocenters. The van der Waals surface area contributed by atoms with Crippen LogP contribution in [0.3, 0.4) is 0 Å². The monoisotopic (exact) mass is 156 g/mol. The van der Waals surface area contributed by atoms with Crippen molar-refractivity contribution < 1.29 is 0 Å². The molecule has 56 valence electrons. The Morgan fingerprint density at radius 2 is 2.30 bits per heavy atom. The maximum absolute atomic E-state index is 4.51. The molecule has 0 aliphatic carbocycles. The van der Waals surface area contributed by atoms with Crippen molar-refractivity contribution in [1.29, 1.82) is 0 Å². The molecule has 2 aliphatic rings. The Bertz CT molecular complexity index is 178. The topological polar surface area (TPSA) is 15.4 Å². The summed E-state index contributed by atoms with van der Waals surface area (Å²) in [5.41, 5.74) is 0. The van der Waals surface area contributed by atoms with Gasteiger partial charge in [-0.05, 0) is 13.8 Å². The van der Waals surface area contributed by atoms with E-state index in [0.29, 0.717) is 6.04 Å². The van der Waals surface area contributed by atoms with E-state index in [1.165, 1.54) is 17.5 Å². The van der Waals surface area contributed by atoms with Gasteiger partial charge in [0.25, 0.3) is 0 Å². The van der Waals surface area contributed by atoms with E-state index < -0.39 is 0 Å². The predicted molar refractivity (Wildman–Crippen MR) is 45.5 cm³/mol. The highest BCUT2D eigenvalue weighted by molar-refractivity contribution is 8.14. The molecular formula is C7H12N2S. The smallest absolute Gasteiger partial charge is 0.159 e. The molecule has 0 radical (unpaired) electrons. The molecule has 2 heterocycles. The van der Waals surface area contributed by atoms with Crippen LogP contribution < -0.4 is 0 Å². The molecule has 2 rings (SSSR count). The van der Waals surface area contributed by atoms with Crippen molar-refractivity contribution >= 4 is 16.9 Å². The Morgan fingerprint density at radius 1 is 1.60 bits per heavy atom. The molecule has 0 spiro atoms. The summed E-state index contributed by atoms with van der Waals surface area (Å²) >= 11 is 1.90. The second kappa shape index (κ2) is 2.16. The van der Waals surface area contributed by atoms with Gasteiger partial charge in [0.15, 0.2) is 5.17 Å². The van der Waals surface area contributed by atoms with Gasteiger partial charge in [-0.3, -0.25) is 4.99 Å². The molecule has 2 unspecified atom stereocenters. The van der Waals surface area contributed by atoms with Gasteiger partial charge in [0, 0.05) is 18.3 Å². The van der Waals surface area contributed by atoms with E-state index in [1.54, 1.807) is 0 Å². The fourth-order valence-electron chi connectivity index (χ4n) is 1.12. The Kier molecular flexibility index (Phi) is 1.41. The SMILES string of the molecule is CC1CSC(N2CC2C)=N1. The van der Waals surface area contributed by atoms with E-state index in [0.717, 1.165) is 6.04 Å². The molecule has 0 aromatic carbocycles. The van der Waals surface area contributed by atoms with Crippen molar-refractivity contribution in [3.05, 3.63) is 0 Å². The second-order valence-corrected chi connectivity index (χ2v) is 4.06. The zero-order valence-corrected chi connectivity index (χ0v) is 7.19. The molecule has 0 saturated carbocycles. The number of hydrogen-bond acceptors (Lipinski definition) is 3. The molecule has 2 aliphatic heterocycles. The molecule has 0 bridgehead atoms. The van der Waals surface area contributed by atoms with E-state index in [1.807, 2.05) is 11.8 Å². The van der Waals surface area contributed by atoms with Crippen molar-refractivity contribution in [2.24, 2.45) is 4.99 Å². The normalized spacial score (nSPS) is 38.2. The Labute approximate surface area is 65.7 Å². The Balaban J connectivity index is 2.00. The van der Waals surface area contributed by atoms with Crippen molar-refractivity contribution in [2.45, 2.75) is 25.9 Å². The lowest BCUT2D eigenvalue weighted by molar-refractivity contribution is 0.760. The summed E-state index contributed by atoms with van der Waals surface area (Å²) < 4.78 is 0. The fourth-order valence-corrected chi connectivity index (χ4v) is 2.26. The van der Waals surface area contributed by atoms with Gasteiger partial charge in [0.2, 0.25) is 0 Å². The highest BCUT2D eigenvalue weighted by Gasteiger charge is 2.34. The maximum atomic E-state index is 4.51. The minimum atomic E-state index is 0.549. The van der Waals surface area contributed by atoms with E-state index in [4.69, 9.17) is 0 Å². The zero-order chi connectivity index (χ0) is 7.14. The molecular weight excluding hydrogens is 144 g/mol. The molecule has 3 heteroatoms. The van der Waals surface area contributed by atoms with Gasteiger partial charge in [-0.25, -0.2) is 0 Å². The summed E-state index contributed by atoms with van der Waals surface area (Å²) in [4.78, 5) is 6.86. The molecule has 0 aromatic heterocycles. The van der Waals surface area contributed by atoms with E-state index >= 15 is 0 Å². The summed E-state index contributed by atoms with van der Waals surface area (Å²) in [5, 5.41) is 1.28. The van der Waals surface area contributed by atoms with Crippen LogP contribution in [0.25, 0.3) is 0 Å². The first-order valence-electron chi connectivity index (χ1n) is 3.74. The standard InChI is InChI=1S/C7H12N2S/c1-5-4-10-7(8-5)9-3-6(9)2/h5-6H,3-4H2,1-2H3. The van der Waals surface area contributed by atoms with E-state index in [-0.39, 0.29) is 0 Å². The Morgan fingerprint density at radius 3 is 2.70 bits per heavy atom. The van der Waals surface area contributed by atoms with Crippen LogP contribution in [0.4, 0.5) is 0 Å². The minimum Gasteiger partial charge on any atom is -0.345 e. The van der Waals surface area contributed by atoms with Crippen molar-refractivity contribution in [1.82, 2.24) is 4.90 Å². The summed E-state index contributed by atoms with van der Waals surface area (Å²) in [7, 11) is 0. The molecule has 0 N–H and O–H groups in total. The van der Waals surface area contributed by atoms with Gasteiger partial charge in [-0.15, -0.1) is 0 Å². The molecule has 1 saturated heterocycles. The Hall–Kier alpha value is -0.180. The van der Waals surface area contributed by atoms with Crippen molar-refractivity contribution in [3.8, 4) is 0 Å². The minimum absolute atomic E-state index is 0.549. The first-order chi connectivity index (χ1) is 4.77. The number of nitrogens with zero attached hydrogens (tertiary/aromatic N) is 2. The summed E-state index contributed by atoms with van der Waals surface area (Å²) in [6, 6.07) is 1.31. The van der Waals surface area contributed by atoms with Gasteiger partial charge in [0.1, 0.15) is 0 Å². The second-order valence-electron chi connectivity index (χ2n) is 3.07. The quantitative estimate of drug-likeness (QED) is 0.489. The molecule has 1 fully saturated rings. The molecule has 10 heavy (non-hydrogen) atoms. The number of thioether (sulfide) groups is 1. The van der Waals surface area contributed by atoms with Crippen LogP contribution in [0.2, 0.25) is 0 Å². The third-order valence-corrected chi connectivity index (χ3v) is 3.14. The van der Waals surface area contributed by atoms with E-state index in [9.17, 15) is 0 Å². The third kappa shape index (κ3) is 1.03. The summed E-state index contributed by atoms with van der Waals surface area (Å²) in [5.74, 6) is 1.18. The first-order valence-corrected chi connectivity index (χ1v) is 4.73. The van der Waals surface area contributed by atoms with Crippen molar-refractivity contribution in [3.63, 3.8) is 0 Å². The van der Waals surface area contributed by atoms with Gasteiger partial charge < -0.3 is 4.90 Å². The highest BCUT2D eigenvalue weighted by atomic mass is 32.2. The van der Waals surface area contributed by atoms with Crippen LogP contribution in [-0.4, -0.2) is 34.4 Å². The maximum Gasteiger partial charge on any atom is 0.159 e. The molecule has 0 amide bonds. The fraction of sp³-hybridized carbons (Fsp3) is 0.857. The van der Waals surface area contributed by atoms with E-state index in [2.05, 4.69) is 23.7 Å². The lowest BCUT2D eigenvalue weighted by atomic mass is 10.4. The third-order valence-electron chi connectivity index (χ3n) is 1.89. The average molecular weight is 156 g/mol. The number of rotatable bonds is 0. The van der Waals surface area contributed by atoms with Gasteiger partial charge in [-0.1, -0.05) is 11.8 Å². The van der Waals surface area contributed by atoms with Crippen LogP contribution in [0, 0.1) is 0 Å². The van der Waals surface area contributed by atoms with Gasteiger partial charge in [-0.2, -0.15) is 0 Å². The number of hydrogen-bond donors (Lipinski definition) is 0. The van der Waals surface area contributed by atoms with Crippen LogP contribution in [0.5, 0.6) is 0 Å². The van der Waals surface area contributed by atoms with Gasteiger partial charge >= 0.3 is 0 Å². The zero-order valence-electron chi connectivity index (χ0n) is 6.37. The van der Waals surface area contributed by atoms with Crippen molar-refractivity contribution in [2.75, 3.05) is 12.3 Å². The molecule has 0 aromatic rings. The largest absolute Gasteiger partial charge is 0.345 e. The summed E-state index contributed by atoms with van der Waals surface area (Å²) in [6.07, 6.45) is 0. The highest BCUT2D eigenvalue weighted by Crippen LogP contribution is 2.28. The number of aliphatic imine (C=N–C) groups is 1. The van der Waals surface area contributed by atoms with Crippen LogP contribution >= 0.6 is 11.8 Å². The summed E-state index contributed by atoms with van der Waals surface area (Å²) in [6.45, 7) is 5.64. The first kappa shape index (κ1) is 6.53. The lowest BCUT2D eigenvalue weighted by Gasteiger charge is -1.98. The lowest BCUT2D eigenvalue weighted by Crippen LogP contribution is -2.05. The average Bonchev–Trinajstić information content (AvgIpc) is 2.42. The van der Waals surface area contributed by atoms with Crippen LogP contribution in [0.1, 0.15) is 13.8 Å². The predicted octanol–water partition coefficient (Wildman–Crippen LogP) is 1.18. The van der Waals surface area contributed by atoms with Crippen LogP contribution in [0.15, 0.2) is 4.99 Å². The molecule has 2 nitrogen and oxygen atoms in total. The van der Waals surface area contributed by atoms with Gasteiger partial charge in [0.05, 0.1) is 6.04 Å².